The largest absolute Gasteiger partial charge is 0.356 e. The number of carbonyl (C=O) groups excluding carboxylic acids is 1. The van der Waals surface area contributed by atoms with Gasteiger partial charge in [0.2, 0.25) is 5.91 Å². The number of hydrogen-bond acceptors (Lipinski definition) is 4. The van der Waals surface area contributed by atoms with E-state index < -0.39 is 0 Å². The molecule has 1 aromatic carbocycles. The van der Waals surface area contributed by atoms with Gasteiger partial charge < -0.3 is 5.32 Å². The molecule has 1 aromatic heterocycles. The number of halogens is 1. The molecular weight excluding hydrogens is 344 g/mol. The Bertz CT molecular complexity index is 687. The minimum Gasteiger partial charge on any atom is -0.356 e. The van der Waals surface area contributed by atoms with Crippen LogP contribution in [0, 0.1) is 12.8 Å². The van der Waals surface area contributed by atoms with E-state index in [0.29, 0.717) is 17.4 Å². The molecule has 0 unspecified atom stereocenters. The quantitative estimate of drug-likeness (QED) is 0.569. The number of carbonyl (C=O) groups is 1. The van der Waals surface area contributed by atoms with Crippen molar-refractivity contribution in [1.29, 1.82) is 0 Å². The summed E-state index contributed by atoms with van der Waals surface area (Å²) in [4.78, 5) is 11.7. The first-order valence-electron chi connectivity index (χ1n) is 8.05. The molecule has 24 heavy (non-hydrogen) atoms. The van der Waals surface area contributed by atoms with Crippen LogP contribution in [0.3, 0.4) is 0 Å². The Kier molecular flexibility index (Phi) is 7.12. The molecule has 0 radical (unpaired) electrons. The molecule has 0 bridgehead atoms. The molecule has 0 aliphatic heterocycles. The predicted molar refractivity (Wildman–Crippen MR) is 98.9 cm³/mol. The first-order chi connectivity index (χ1) is 11.5. The number of aromatic nitrogens is 3. The fourth-order valence-electron chi connectivity index (χ4n) is 2.15. The molecule has 130 valence electrons. The number of nitrogens with one attached hydrogen (secondary N) is 1. The SMILES string of the molecule is Cc1nnc(SCCCC(=O)NCC(C)C)n1-c1cccc(Cl)c1. The molecular formula is C17H23ClN4OS. The number of rotatable bonds is 8. The number of nitrogens with zero attached hydrogens (tertiary/aromatic N) is 3. The third-order valence-electron chi connectivity index (χ3n) is 3.35. The smallest absolute Gasteiger partial charge is 0.220 e. The maximum atomic E-state index is 11.7. The monoisotopic (exact) mass is 366 g/mol. The first kappa shape index (κ1) is 18.8. The van der Waals surface area contributed by atoms with Crippen molar-refractivity contribution in [2.75, 3.05) is 12.3 Å². The van der Waals surface area contributed by atoms with Crippen molar-refractivity contribution in [2.45, 2.75) is 38.8 Å². The summed E-state index contributed by atoms with van der Waals surface area (Å²) in [5.74, 6) is 2.21. The number of thioether (sulfide) groups is 1. The normalized spacial score (nSPS) is 11.0. The van der Waals surface area contributed by atoms with E-state index in [0.717, 1.165) is 35.4 Å². The maximum Gasteiger partial charge on any atom is 0.220 e. The highest BCUT2D eigenvalue weighted by Crippen LogP contribution is 2.24. The van der Waals surface area contributed by atoms with Crippen LogP contribution in [0.5, 0.6) is 0 Å². The van der Waals surface area contributed by atoms with Gasteiger partial charge in [-0.2, -0.15) is 0 Å². The lowest BCUT2D eigenvalue weighted by Gasteiger charge is -2.09. The second-order valence-corrected chi connectivity index (χ2v) is 7.49. The Morgan fingerprint density at radius 3 is 2.88 bits per heavy atom. The van der Waals surface area contributed by atoms with Crippen LogP contribution in [0.15, 0.2) is 29.4 Å². The van der Waals surface area contributed by atoms with Crippen LogP contribution in [-0.2, 0) is 4.79 Å². The van der Waals surface area contributed by atoms with E-state index in [1.165, 1.54) is 0 Å². The lowest BCUT2D eigenvalue weighted by molar-refractivity contribution is -0.121. The van der Waals surface area contributed by atoms with Crippen LogP contribution in [0.4, 0.5) is 0 Å². The van der Waals surface area contributed by atoms with Crippen molar-refractivity contribution in [3.63, 3.8) is 0 Å². The summed E-state index contributed by atoms with van der Waals surface area (Å²) in [6, 6.07) is 7.62. The number of amides is 1. The van der Waals surface area contributed by atoms with Gasteiger partial charge in [0.1, 0.15) is 5.82 Å². The van der Waals surface area contributed by atoms with E-state index in [9.17, 15) is 4.79 Å². The van der Waals surface area contributed by atoms with Crippen molar-refractivity contribution in [3.8, 4) is 5.69 Å². The summed E-state index contributed by atoms with van der Waals surface area (Å²) >= 11 is 7.68. The standard InChI is InChI=1S/C17H23ClN4OS/c1-12(2)11-19-16(23)8-5-9-24-17-21-20-13(3)22(17)15-7-4-6-14(18)10-15/h4,6-7,10,12H,5,8-9,11H2,1-3H3,(H,19,23). The zero-order valence-electron chi connectivity index (χ0n) is 14.3. The topological polar surface area (TPSA) is 59.8 Å². The molecule has 0 spiro atoms. The highest BCUT2D eigenvalue weighted by atomic mass is 35.5. The third kappa shape index (κ3) is 5.53. The van der Waals surface area contributed by atoms with Crippen molar-refractivity contribution < 1.29 is 4.79 Å². The van der Waals surface area contributed by atoms with Crippen molar-refractivity contribution in [3.05, 3.63) is 35.1 Å². The Hall–Kier alpha value is -1.53. The summed E-state index contributed by atoms with van der Waals surface area (Å²) < 4.78 is 1.98. The average molecular weight is 367 g/mol. The molecule has 1 amide bonds. The second kappa shape index (κ2) is 9.08. The lowest BCUT2D eigenvalue weighted by Crippen LogP contribution is -2.27. The minimum absolute atomic E-state index is 0.108. The Labute approximate surface area is 152 Å². The molecule has 2 aromatic rings. The van der Waals surface area contributed by atoms with Crippen molar-refractivity contribution in [2.24, 2.45) is 5.92 Å². The van der Waals surface area contributed by atoms with E-state index in [4.69, 9.17) is 11.6 Å². The molecule has 5 nitrogen and oxygen atoms in total. The summed E-state index contributed by atoms with van der Waals surface area (Å²) in [7, 11) is 0. The number of aryl methyl sites for hydroxylation is 1. The van der Waals surface area contributed by atoms with Gasteiger partial charge in [-0.15, -0.1) is 10.2 Å². The fraction of sp³-hybridized carbons (Fsp3) is 0.471. The summed E-state index contributed by atoms with van der Waals surface area (Å²) in [5.41, 5.74) is 0.946. The zero-order valence-corrected chi connectivity index (χ0v) is 15.8. The minimum atomic E-state index is 0.108. The van der Waals surface area contributed by atoms with E-state index in [-0.39, 0.29) is 5.91 Å². The van der Waals surface area contributed by atoms with Gasteiger partial charge in [-0.05, 0) is 37.5 Å². The van der Waals surface area contributed by atoms with Crippen LogP contribution < -0.4 is 5.32 Å². The van der Waals surface area contributed by atoms with Crippen molar-refractivity contribution in [1.82, 2.24) is 20.1 Å². The Morgan fingerprint density at radius 1 is 1.38 bits per heavy atom. The Morgan fingerprint density at radius 2 is 2.17 bits per heavy atom. The van der Waals surface area contributed by atoms with Crippen molar-refractivity contribution >= 4 is 29.3 Å². The van der Waals surface area contributed by atoms with Crippen LogP contribution >= 0.6 is 23.4 Å². The Balaban J connectivity index is 1.89. The molecule has 0 saturated carbocycles. The average Bonchev–Trinajstić information content (AvgIpc) is 2.90. The zero-order chi connectivity index (χ0) is 17.5. The van der Waals surface area contributed by atoms with Gasteiger partial charge in [0.15, 0.2) is 5.16 Å². The number of benzene rings is 1. The molecule has 1 N–H and O–H groups in total. The molecule has 0 aliphatic carbocycles. The predicted octanol–water partition coefficient (Wildman–Crippen LogP) is 3.87. The molecule has 0 saturated heterocycles. The fourth-order valence-corrected chi connectivity index (χ4v) is 3.27. The molecule has 1 heterocycles. The first-order valence-corrected chi connectivity index (χ1v) is 9.41. The van der Waals surface area contributed by atoms with Gasteiger partial charge in [0, 0.05) is 23.7 Å². The van der Waals surface area contributed by atoms with Crippen LogP contribution in [-0.4, -0.2) is 33.0 Å². The van der Waals surface area contributed by atoms with Gasteiger partial charge in [-0.3, -0.25) is 9.36 Å². The van der Waals surface area contributed by atoms with Gasteiger partial charge in [0.25, 0.3) is 0 Å². The summed E-state index contributed by atoms with van der Waals surface area (Å²) in [5, 5.41) is 12.8. The maximum absolute atomic E-state index is 11.7. The lowest BCUT2D eigenvalue weighted by atomic mass is 10.2. The third-order valence-corrected chi connectivity index (χ3v) is 4.60. The van der Waals surface area contributed by atoms with E-state index in [1.54, 1.807) is 11.8 Å². The molecule has 0 aliphatic rings. The van der Waals surface area contributed by atoms with E-state index in [1.807, 2.05) is 35.8 Å². The van der Waals surface area contributed by atoms with Crippen LogP contribution in [0.25, 0.3) is 5.69 Å². The van der Waals surface area contributed by atoms with Gasteiger partial charge in [-0.25, -0.2) is 0 Å². The molecule has 0 atom stereocenters. The summed E-state index contributed by atoms with van der Waals surface area (Å²) in [6.07, 6.45) is 1.33. The van der Waals surface area contributed by atoms with Crippen LogP contribution in [0.1, 0.15) is 32.5 Å². The van der Waals surface area contributed by atoms with Crippen LogP contribution in [0.2, 0.25) is 5.02 Å². The van der Waals surface area contributed by atoms with Gasteiger partial charge in [-0.1, -0.05) is 43.3 Å². The van der Waals surface area contributed by atoms with Gasteiger partial charge in [0.05, 0.1) is 5.69 Å². The highest BCUT2D eigenvalue weighted by molar-refractivity contribution is 7.99. The molecule has 7 heteroatoms. The van der Waals surface area contributed by atoms with Gasteiger partial charge >= 0.3 is 0 Å². The number of hydrogen-bond donors (Lipinski definition) is 1. The second-order valence-electron chi connectivity index (χ2n) is 6.00. The highest BCUT2D eigenvalue weighted by Gasteiger charge is 2.12. The molecule has 0 fully saturated rings. The van der Waals surface area contributed by atoms with E-state index in [2.05, 4.69) is 29.4 Å². The van der Waals surface area contributed by atoms with E-state index >= 15 is 0 Å². The summed E-state index contributed by atoms with van der Waals surface area (Å²) in [6.45, 7) is 6.81. The molecule has 2 rings (SSSR count).